The Bertz CT molecular complexity index is 757. The van der Waals surface area contributed by atoms with Crippen molar-refractivity contribution in [2.45, 2.75) is 0 Å². The van der Waals surface area contributed by atoms with Gasteiger partial charge in [0.15, 0.2) is 5.78 Å². The highest BCUT2D eigenvalue weighted by Gasteiger charge is 2.12. The van der Waals surface area contributed by atoms with E-state index in [1.807, 2.05) is 42.5 Å². The number of benzene rings is 3. The smallest absolute Gasteiger partial charge is 0.193 e. The number of anilines is 1. The molecule has 0 atom stereocenters. The summed E-state index contributed by atoms with van der Waals surface area (Å²) in [5, 5.41) is 2.04. The number of carbonyl (C=O) groups is 1. The molecule has 2 heteroatoms. The van der Waals surface area contributed by atoms with E-state index in [1.54, 1.807) is 24.3 Å². The standard InChI is InChI=1S/C17H13NO/c18-14-8-3-7-13(11-14)17(19)16-10-4-6-12-5-1-2-9-15(12)16/h1-11H,18H2. The number of hydrogen-bond donors (Lipinski definition) is 1. The quantitative estimate of drug-likeness (QED) is 0.555. The first-order chi connectivity index (χ1) is 9.25. The average Bonchev–Trinajstić information content (AvgIpc) is 2.46. The van der Waals surface area contributed by atoms with E-state index < -0.39 is 0 Å². The van der Waals surface area contributed by atoms with Crippen LogP contribution in [0.3, 0.4) is 0 Å². The van der Waals surface area contributed by atoms with Gasteiger partial charge in [0.2, 0.25) is 0 Å². The van der Waals surface area contributed by atoms with Crippen LogP contribution in [-0.2, 0) is 0 Å². The fraction of sp³-hybridized carbons (Fsp3) is 0. The van der Waals surface area contributed by atoms with Crippen LogP contribution in [0.2, 0.25) is 0 Å². The Morgan fingerprint density at radius 1 is 0.842 bits per heavy atom. The van der Waals surface area contributed by atoms with Crippen molar-refractivity contribution < 1.29 is 4.79 Å². The van der Waals surface area contributed by atoms with E-state index in [2.05, 4.69) is 0 Å². The largest absolute Gasteiger partial charge is 0.399 e. The van der Waals surface area contributed by atoms with Gasteiger partial charge in [-0.2, -0.15) is 0 Å². The molecular formula is C17H13NO. The molecule has 19 heavy (non-hydrogen) atoms. The zero-order valence-corrected chi connectivity index (χ0v) is 10.3. The summed E-state index contributed by atoms with van der Waals surface area (Å²) in [6.07, 6.45) is 0. The third-order valence-electron chi connectivity index (χ3n) is 3.18. The van der Waals surface area contributed by atoms with E-state index in [0.29, 0.717) is 16.8 Å². The van der Waals surface area contributed by atoms with Gasteiger partial charge in [0.1, 0.15) is 0 Å². The summed E-state index contributed by atoms with van der Waals surface area (Å²) < 4.78 is 0. The van der Waals surface area contributed by atoms with E-state index in [0.717, 1.165) is 10.8 Å². The lowest BCUT2D eigenvalue weighted by Crippen LogP contribution is -2.02. The highest BCUT2D eigenvalue weighted by molar-refractivity contribution is 6.16. The van der Waals surface area contributed by atoms with Gasteiger partial charge in [0.25, 0.3) is 0 Å². The van der Waals surface area contributed by atoms with Crippen LogP contribution >= 0.6 is 0 Å². The van der Waals surface area contributed by atoms with Gasteiger partial charge in [-0.05, 0) is 22.9 Å². The maximum atomic E-state index is 12.6. The van der Waals surface area contributed by atoms with E-state index in [9.17, 15) is 4.79 Å². The van der Waals surface area contributed by atoms with Crippen LogP contribution < -0.4 is 5.73 Å². The summed E-state index contributed by atoms with van der Waals surface area (Å²) in [5.74, 6) is 0.00380. The highest BCUT2D eigenvalue weighted by atomic mass is 16.1. The van der Waals surface area contributed by atoms with Crippen molar-refractivity contribution in [1.29, 1.82) is 0 Å². The summed E-state index contributed by atoms with van der Waals surface area (Å²) in [7, 11) is 0. The molecule has 0 aromatic heterocycles. The number of nitrogen functional groups attached to an aromatic ring is 1. The van der Waals surface area contributed by atoms with Crippen molar-refractivity contribution in [3.63, 3.8) is 0 Å². The number of fused-ring (bicyclic) bond motifs is 1. The Morgan fingerprint density at radius 2 is 1.58 bits per heavy atom. The minimum Gasteiger partial charge on any atom is -0.399 e. The number of carbonyl (C=O) groups excluding carboxylic acids is 1. The van der Waals surface area contributed by atoms with Crippen molar-refractivity contribution in [1.82, 2.24) is 0 Å². The van der Waals surface area contributed by atoms with Crippen molar-refractivity contribution in [2.24, 2.45) is 0 Å². The summed E-state index contributed by atoms with van der Waals surface area (Å²) >= 11 is 0. The summed E-state index contributed by atoms with van der Waals surface area (Å²) in [4.78, 5) is 12.6. The zero-order chi connectivity index (χ0) is 13.2. The molecule has 0 aliphatic heterocycles. The highest BCUT2D eigenvalue weighted by Crippen LogP contribution is 2.22. The van der Waals surface area contributed by atoms with Crippen LogP contribution in [0.4, 0.5) is 5.69 Å². The van der Waals surface area contributed by atoms with Gasteiger partial charge in [-0.1, -0.05) is 54.6 Å². The minimum atomic E-state index is 0.00380. The molecule has 0 saturated carbocycles. The van der Waals surface area contributed by atoms with Gasteiger partial charge < -0.3 is 5.73 Å². The molecule has 0 unspecified atom stereocenters. The van der Waals surface area contributed by atoms with Gasteiger partial charge in [-0.3, -0.25) is 4.79 Å². The predicted octanol–water partition coefficient (Wildman–Crippen LogP) is 3.65. The van der Waals surface area contributed by atoms with Crippen LogP contribution in [0.15, 0.2) is 66.7 Å². The second-order valence-electron chi connectivity index (χ2n) is 4.48. The molecule has 0 spiro atoms. The minimum absolute atomic E-state index is 0.00380. The molecule has 0 aliphatic rings. The van der Waals surface area contributed by atoms with Crippen LogP contribution in [-0.4, -0.2) is 5.78 Å². The molecule has 3 aromatic carbocycles. The second-order valence-corrected chi connectivity index (χ2v) is 4.48. The molecule has 0 bridgehead atoms. The molecule has 0 saturated heterocycles. The molecule has 0 fully saturated rings. The third kappa shape index (κ3) is 2.08. The number of nitrogens with two attached hydrogens (primary N) is 1. The van der Waals surface area contributed by atoms with Crippen LogP contribution in [0.5, 0.6) is 0 Å². The fourth-order valence-electron chi connectivity index (χ4n) is 2.26. The van der Waals surface area contributed by atoms with Crippen molar-refractivity contribution in [3.8, 4) is 0 Å². The summed E-state index contributed by atoms with van der Waals surface area (Å²) in [6.45, 7) is 0. The van der Waals surface area contributed by atoms with E-state index in [1.165, 1.54) is 0 Å². The van der Waals surface area contributed by atoms with Gasteiger partial charge in [-0.25, -0.2) is 0 Å². The number of rotatable bonds is 2. The molecule has 3 aromatic rings. The van der Waals surface area contributed by atoms with Crippen LogP contribution in [0.25, 0.3) is 10.8 Å². The SMILES string of the molecule is Nc1cccc(C(=O)c2cccc3ccccc23)c1. The Hall–Kier alpha value is -2.61. The first-order valence-corrected chi connectivity index (χ1v) is 6.14. The average molecular weight is 247 g/mol. The second kappa shape index (κ2) is 4.58. The summed E-state index contributed by atoms with van der Waals surface area (Å²) in [6, 6.07) is 20.7. The fourth-order valence-corrected chi connectivity index (χ4v) is 2.26. The molecule has 92 valence electrons. The topological polar surface area (TPSA) is 43.1 Å². The van der Waals surface area contributed by atoms with Gasteiger partial charge >= 0.3 is 0 Å². The molecule has 0 radical (unpaired) electrons. The lowest BCUT2D eigenvalue weighted by molar-refractivity contribution is 0.104. The first-order valence-electron chi connectivity index (χ1n) is 6.14. The Morgan fingerprint density at radius 3 is 2.42 bits per heavy atom. The maximum Gasteiger partial charge on any atom is 0.193 e. The van der Waals surface area contributed by atoms with E-state index in [-0.39, 0.29) is 5.78 Å². The Balaban J connectivity index is 2.17. The van der Waals surface area contributed by atoms with Gasteiger partial charge in [0.05, 0.1) is 0 Å². The molecule has 2 nitrogen and oxygen atoms in total. The zero-order valence-electron chi connectivity index (χ0n) is 10.3. The molecule has 3 rings (SSSR count). The van der Waals surface area contributed by atoms with Crippen molar-refractivity contribution in [3.05, 3.63) is 77.9 Å². The molecule has 0 heterocycles. The van der Waals surface area contributed by atoms with Crippen molar-refractivity contribution >= 4 is 22.2 Å². The van der Waals surface area contributed by atoms with Gasteiger partial charge in [-0.15, -0.1) is 0 Å². The Labute approximate surface area is 111 Å². The van der Waals surface area contributed by atoms with Crippen LogP contribution in [0.1, 0.15) is 15.9 Å². The summed E-state index contributed by atoms with van der Waals surface area (Å²) in [5.41, 5.74) is 7.67. The molecule has 2 N–H and O–H groups in total. The maximum absolute atomic E-state index is 12.6. The monoisotopic (exact) mass is 247 g/mol. The number of hydrogen-bond acceptors (Lipinski definition) is 2. The third-order valence-corrected chi connectivity index (χ3v) is 3.18. The normalized spacial score (nSPS) is 10.5. The van der Waals surface area contributed by atoms with E-state index in [4.69, 9.17) is 5.73 Å². The Kier molecular flexibility index (Phi) is 2.76. The predicted molar refractivity (Wildman–Crippen MR) is 78.2 cm³/mol. The van der Waals surface area contributed by atoms with Gasteiger partial charge in [0, 0.05) is 16.8 Å². The van der Waals surface area contributed by atoms with Crippen LogP contribution in [0, 0.1) is 0 Å². The van der Waals surface area contributed by atoms with E-state index >= 15 is 0 Å². The lowest BCUT2D eigenvalue weighted by atomic mass is 9.97. The molecule has 0 amide bonds. The molecular weight excluding hydrogens is 234 g/mol. The first kappa shape index (κ1) is 11.5. The lowest BCUT2D eigenvalue weighted by Gasteiger charge is -2.06. The number of ketones is 1. The van der Waals surface area contributed by atoms with Crippen molar-refractivity contribution in [2.75, 3.05) is 5.73 Å². The molecule has 0 aliphatic carbocycles.